The van der Waals surface area contributed by atoms with E-state index in [4.69, 9.17) is 5.11 Å². The Hall–Kier alpha value is -0.600. The number of aliphatic hydroxyl groups is 2. The third-order valence-electron chi connectivity index (χ3n) is 6.60. The molecule has 0 unspecified atom stereocenters. The van der Waals surface area contributed by atoms with Crippen molar-refractivity contribution in [1.82, 2.24) is 0 Å². The minimum atomic E-state index is 0.0609. The van der Waals surface area contributed by atoms with Gasteiger partial charge in [-0.3, -0.25) is 0 Å². The molecule has 2 heteroatoms. The summed E-state index contributed by atoms with van der Waals surface area (Å²) in [5, 5.41) is 18.5. The predicted molar refractivity (Wildman–Crippen MR) is 92.6 cm³/mol. The van der Waals surface area contributed by atoms with Crippen molar-refractivity contribution in [3.63, 3.8) is 0 Å². The van der Waals surface area contributed by atoms with E-state index < -0.39 is 0 Å². The third-order valence-corrected chi connectivity index (χ3v) is 6.60. The minimum absolute atomic E-state index is 0.0609. The smallest absolute Gasteiger partial charge is 0.0642 e. The van der Waals surface area contributed by atoms with E-state index >= 15 is 0 Å². The fourth-order valence-electron chi connectivity index (χ4n) is 5.38. The highest BCUT2D eigenvalue weighted by Crippen LogP contribution is 2.61. The molecule has 2 N–H and O–H groups in total. The second kappa shape index (κ2) is 6.88. The van der Waals surface area contributed by atoms with E-state index in [2.05, 4.69) is 33.4 Å². The van der Waals surface area contributed by atoms with Crippen LogP contribution in [0.15, 0.2) is 23.8 Å². The Morgan fingerprint density at radius 2 is 2.00 bits per heavy atom. The van der Waals surface area contributed by atoms with Crippen LogP contribution < -0.4 is 0 Å². The molecule has 2 rings (SSSR count). The highest BCUT2D eigenvalue weighted by molar-refractivity contribution is 5.18. The first-order chi connectivity index (χ1) is 10.3. The van der Waals surface area contributed by atoms with Gasteiger partial charge in [0.05, 0.1) is 6.61 Å². The van der Waals surface area contributed by atoms with E-state index in [1.54, 1.807) is 0 Å². The molecular weight excluding hydrogens is 272 g/mol. The molecule has 0 aromatic heterocycles. The zero-order chi connectivity index (χ0) is 16.4. The summed E-state index contributed by atoms with van der Waals surface area (Å²) >= 11 is 0. The van der Waals surface area contributed by atoms with Gasteiger partial charge in [0.25, 0.3) is 0 Å². The summed E-state index contributed by atoms with van der Waals surface area (Å²) in [6, 6.07) is 0. The van der Waals surface area contributed by atoms with Crippen LogP contribution in [0.2, 0.25) is 0 Å². The largest absolute Gasteiger partial charge is 0.396 e. The van der Waals surface area contributed by atoms with Crippen LogP contribution in [0.3, 0.4) is 0 Å². The summed E-state index contributed by atoms with van der Waals surface area (Å²) in [4.78, 5) is 0. The molecule has 0 spiro atoms. The molecule has 0 bridgehead atoms. The van der Waals surface area contributed by atoms with Gasteiger partial charge in [0, 0.05) is 6.61 Å². The number of aliphatic hydroxyl groups excluding tert-OH is 2. The molecule has 2 nitrogen and oxygen atoms in total. The summed E-state index contributed by atoms with van der Waals surface area (Å²) in [6.45, 7) is 11.9. The maximum atomic E-state index is 9.43. The molecule has 0 aromatic rings. The average molecular weight is 306 g/mol. The number of hydrogen-bond donors (Lipinski definition) is 2. The highest BCUT2D eigenvalue weighted by atomic mass is 16.3. The fraction of sp³-hybridized carbons (Fsp3) is 0.800. The summed E-state index contributed by atoms with van der Waals surface area (Å²) < 4.78 is 0. The van der Waals surface area contributed by atoms with E-state index in [-0.39, 0.29) is 13.2 Å². The highest BCUT2D eigenvalue weighted by Gasteiger charge is 2.52. The molecule has 0 radical (unpaired) electrons. The van der Waals surface area contributed by atoms with Gasteiger partial charge in [0.2, 0.25) is 0 Å². The van der Waals surface area contributed by atoms with Crippen molar-refractivity contribution in [2.75, 3.05) is 13.2 Å². The summed E-state index contributed by atoms with van der Waals surface area (Å²) in [5.41, 5.74) is 3.14. The van der Waals surface area contributed by atoms with Gasteiger partial charge in [-0.05, 0) is 66.8 Å². The first-order valence-electron chi connectivity index (χ1n) is 8.92. The zero-order valence-electron chi connectivity index (χ0n) is 14.7. The maximum Gasteiger partial charge on any atom is 0.0642 e. The Morgan fingerprint density at radius 3 is 2.64 bits per heavy atom. The lowest BCUT2D eigenvalue weighted by molar-refractivity contribution is -0.0511. The van der Waals surface area contributed by atoms with Crippen LogP contribution in [0.25, 0.3) is 0 Å². The average Bonchev–Trinajstić information content (AvgIpc) is 2.44. The zero-order valence-corrected chi connectivity index (χ0v) is 14.7. The van der Waals surface area contributed by atoms with Gasteiger partial charge in [-0.2, -0.15) is 0 Å². The van der Waals surface area contributed by atoms with Gasteiger partial charge < -0.3 is 10.2 Å². The second-order valence-electron chi connectivity index (χ2n) is 8.38. The Bertz CT molecular complexity index is 435. The molecule has 2 saturated carbocycles. The van der Waals surface area contributed by atoms with E-state index in [0.717, 1.165) is 24.3 Å². The SMILES string of the molecule is C=C1CC[C@H]2C(C)(C)CCC[C@]2(C)[C@H]1C/C=C(/CO)CCO. The van der Waals surface area contributed by atoms with Crippen LogP contribution in [-0.4, -0.2) is 23.4 Å². The molecule has 0 saturated heterocycles. The molecule has 2 fully saturated rings. The summed E-state index contributed by atoms with van der Waals surface area (Å²) in [7, 11) is 0. The van der Waals surface area contributed by atoms with Gasteiger partial charge >= 0.3 is 0 Å². The molecule has 0 aliphatic heterocycles. The maximum absolute atomic E-state index is 9.43. The van der Waals surface area contributed by atoms with Crippen LogP contribution in [-0.2, 0) is 0 Å². The second-order valence-corrected chi connectivity index (χ2v) is 8.38. The van der Waals surface area contributed by atoms with Gasteiger partial charge in [0.15, 0.2) is 0 Å². The van der Waals surface area contributed by atoms with E-state index in [1.807, 2.05) is 0 Å². The van der Waals surface area contributed by atoms with Crippen molar-refractivity contribution < 1.29 is 10.2 Å². The molecule has 0 aromatic carbocycles. The lowest BCUT2D eigenvalue weighted by Gasteiger charge is -2.58. The Morgan fingerprint density at radius 1 is 1.27 bits per heavy atom. The molecule has 0 heterocycles. The number of allylic oxidation sites excluding steroid dienone is 2. The van der Waals surface area contributed by atoms with Crippen LogP contribution >= 0.6 is 0 Å². The predicted octanol–water partition coefficient (Wildman–Crippen LogP) is 4.48. The molecule has 2 aliphatic rings. The summed E-state index contributed by atoms with van der Waals surface area (Å²) in [6.07, 6.45) is 10.1. The van der Waals surface area contributed by atoms with Crippen molar-refractivity contribution in [2.45, 2.75) is 65.7 Å². The van der Waals surface area contributed by atoms with Gasteiger partial charge in [0.1, 0.15) is 0 Å². The van der Waals surface area contributed by atoms with Crippen LogP contribution in [0.5, 0.6) is 0 Å². The molecular formula is C20H34O2. The van der Waals surface area contributed by atoms with Gasteiger partial charge in [-0.15, -0.1) is 0 Å². The monoisotopic (exact) mass is 306 g/mol. The molecule has 0 amide bonds. The van der Waals surface area contributed by atoms with Crippen LogP contribution in [0.1, 0.15) is 65.7 Å². The van der Waals surface area contributed by atoms with Crippen LogP contribution in [0, 0.1) is 22.7 Å². The van der Waals surface area contributed by atoms with E-state index in [0.29, 0.717) is 23.2 Å². The van der Waals surface area contributed by atoms with Gasteiger partial charge in [-0.25, -0.2) is 0 Å². The summed E-state index contributed by atoms with van der Waals surface area (Å²) in [5.74, 6) is 1.29. The van der Waals surface area contributed by atoms with E-state index in [9.17, 15) is 5.11 Å². The molecule has 3 atom stereocenters. The lowest BCUT2D eigenvalue weighted by atomic mass is 9.47. The minimum Gasteiger partial charge on any atom is -0.396 e. The van der Waals surface area contributed by atoms with E-state index in [1.165, 1.54) is 31.3 Å². The van der Waals surface area contributed by atoms with Crippen molar-refractivity contribution in [3.05, 3.63) is 23.8 Å². The molecule has 2 aliphatic carbocycles. The van der Waals surface area contributed by atoms with Crippen LogP contribution in [0.4, 0.5) is 0 Å². The van der Waals surface area contributed by atoms with Crippen molar-refractivity contribution in [3.8, 4) is 0 Å². The normalized spacial score (nSPS) is 35.3. The first kappa shape index (κ1) is 17.7. The number of hydrogen-bond acceptors (Lipinski definition) is 2. The first-order valence-corrected chi connectivity index (χ1v) is 8.92. The molecule has 22 heavy (non-hydrogen) atoms. The standard InChI is InChI=1S/C20H34O2/c1-15-6-9-18-19(2,3)11-5-12-20(18,4)17(15)8-7-16(14-22)10-13-21/h7,17-18,21-22H,1,5-6,8-14H2,2-4H3/b16-7+/t17-,18-,20+/m0/s1. The number of fused-ring (bicyclic) bond motifs is 1. The van der Waals surface area contributed by atoms with Crippen molar-refractivity contribution in [1.29, 1.82) is 0 Å². The van der Waals surface area contributed by atoms with Crippen molar-refractivity contribution >= 4 is 0 Å². The number of rotatable bonds is 5. The van der Waals surface area contributed by atoms with Gasteiger partial charge in [-0.1, -0.05) is 45.4 Å². The Labute approximate surface area is 136 Å². The Balaban J connectivity index is 2.22. The fourth-order valence-corrected chi connectivity index (χ4v) is 5.38. The molecule has 126 valence electrons. The Kier molecular flexibility index (Phi) is 5.55. The quantitative estimate of drug-likeness (QED) is 0.735. The third kappa shape index (κ3) is 3.33. The van der Waals surface area contributed by atoms with Crippen molar-refractivity contribution in [2.24, 2.45) is 22.7 Å². The lowest BCUT2D eigenvalue weighted by Crippen LogP contribution is -2.49. The topological polar surface area (TPSA) is 40.5 Å².